The van der Waals surface area contributed by atoms with Crippen LogP contribution in [-0.4, -0.2) is 25.7 Å². The summed E-state index contributed by atoms with van der Waals surface area (Å²) in [5, 5.41) is 3.94. The van der Waals surface area contributed by atoms with Gasteiger partial charge in [0.25, 0.3) is 0 Å². The van der Waals surface area contributed by atoms with Gasteiger partial charge in [-0.05, 0) is 43.5 Å². The Kier molecular flexibility index (Phi) is 5.61. The lowest BCUT2D eigenvalue weighted by molar-refractivity contribution is 0.0532. The Morgan fingerprint density at radius 1 is 1.16 bits per heavy atom. The van der Waals surface area contributed by atoms with Gasteiger partial charge in [-0.2, -0.15) is 0 Å². The fourth-order valence-corrected chi connectivity index (χ4v) is 3.56. The average Bonchev–Trinajstić information content (AvgIpc) is 2.63. The van der Waals surface area contributed by atoms with Crippen molar-refractivity contribution in [3.05, 3.63) is 64.7 Å². The summed E-state index contributed by atoms with van der Waals surface area (Å²) in [6.07, 6.45) is 1.77. The number of anilines is 1. The highest BCUT2D eigenvalue weighted by molar-refractivity contribution is 6.31. The van der Waals surface area contributed by atoms with E-state index in [0.717, 1.165) is 29.1 Å². The minimum Gasteiger partial charge on any atom is -0.381 e. The Morgan fingerprint density at radius 3 is 2.52 bits per heavy atom. The third-order valence-corrected chi connectivity index (χ3v) is 5.10. The summed E-state index contributed by atoms with van der Waals surface area (Å²) in [6, 6.07) is 16.1. The first-order valence-electron chi connectivity index (χ1n) is 8.55. The van der Waals surface area contributed by atoms with E-state index in [1.54, 1.807) is 0 Å². The number of guanidine groups is 1. The van der Waals surface area contributed by atoms with Gasteiger partial charge in [-0.25, -0.2) is 0 Å². The van der Waals surface area contributed by atoms with Crippen molar-refractivity contribution in [2.45, 2.75) is 25.2 Å². The van der Waals surface area contributed by atoms with Gasteiger partial charge in [0.15, 0.2) is 5.96 Å². The SMILES string of the molecule is Cc1ccc(NC(N)=NCC2(c3ccccc3Cl)CCOCC2)cc1. The molecule has 4 nitrogen and oxygen atoms in total. The second-order valence-corrected chi connectivity index (χ2v) is 6.97. The highest BCUT2D eigenvalue weighted by Crippen LogP contribution is 2.38. The molecule has 1 fully saturated rings. The maximum atomic E-state index is 6.47. The van der Waals surface area contributed by atoms with Crippen molar-refractivity contribution < 1.29 is 4.74 Å². The lowest BCUT2D eigenvalue weighted by Crippen LogP contribution is -2.38. The van der Waals surface area contributed by atoms with Crippen LogP contribution in [-0.2, 0) is 10.2 Å². The van der Waals surface area contributed by atoms with Crippen LogP contribution in [0.25, 0.3) is 0 Å². The predicted octanol–water partition coefficient (Wildman–Crippen LogP) is 4.12. The Morgan fingerprint density at radius 2 is 1.84 bits per heavy atom. The molecular formula is C20H24ClN3O. The van der Waals surface area contributed by atoms with Crippen LogP contribution in [0.4, 0.5) is 5.69 Å². The first-order valence-corrected chi connectivity index (χ1v) is 8.93. The molecule has 3 N–H and O–H groups in total. The van der Waals surface area contributed by atoms with E-state index >= 15 is 0 Å². The molecule has 0 radical (unpaired) electrons. The molecule has 0 saturated carbocycles. The van der Waals surface area contributed by atoms with Crippen LogP contribution in [0, 0.1) is 6.92 Å². The lowest BCUT2D eigenvalue weighted by atomic mass is 9.74. The van der Waals surface area contributed by atoms with E-state index in [9.17, 15) is 0 Å². The van der Waals surface area contributed by atoms with Crippen molar-refractivity contribution in [2.75, 3.05) is 25.1 Å². The monoisotopic (exact) mass is 357 g/mol. The molecule has 0 aliphatic carbocycles. The van der Waals surface area contributed by atoms with Crippen LogP contribution in [0.15, 0.2) is 53.5 Å². The zero-order valence-electron chi connectivity index (χ0n) is 14.5. The smallest absolute Gasteiger partial charge is 0.193 e. The van der Waals surface area contributed by atoms with Crippen LogP contribution >= 0.6 is 11.6 Å². The molecule has 1 aliphatic rings. The van der Waals surface area contributed by atoms with Crippen LogP contribution in [0.2, 0.25) is 5.02 Å². The first-order chi connectivity index (χ1) is 12.1. The van der Waals surface area contributed by atoms with Crippen molar-refractivity contribution in [2.24, 2.45) is 10.7 Å². The summed E-state index contributed by atoms with van der Waals surface area (Å²) >= 11 is 6.47. The highest BCUT2D eigenvalue weighted by atomic mass is 35.5. The van der Waals surface area contributed by atoms with Crippen LogP contribution in [0.3, 0.4) is 0 Å². The number of hydrogen-bond donors (Lipinski definition) is 2. The fourth-order valence-electron chi connectivity index (χ4n) is 3.23. The highest BCUT2D eigenvalue weighted by Gasteiger charge is 2.35. The number of rotatable bonds is 4. The molecule has 132 valence electrons. The quantitative estimate of drug-likeness (QED) is 0.639. The number of nitrogens with one attached hydrogen (secondary N) is 1. The molecule has 0 bridgehead atoms. The topological polar surface area (TPSA) is 59.6 Å². The molecule has 25 heavy (non-hydrogen) atoms. The molecule has 5 heteroatoms. The number of halogens is 1. The van der Waals surface area contributed by atoms with E-state index in [2.05, 4.69) is 23.3 Å². The summed E-state index contributed by atoms with van der Waals surface area (Å²) in [4.78, 5) is 4.62. The van der Waals surface area contributed by atoms with E-state index in [1.807, 2.05) is 42.5 Å². The third-order valence-electron chi connectivity index (χ3n) is 4.77. The minimum atomic E-state index is -0.129. The van der Waals surface area contributed by atoms with Crippen molar-refractivity contribution in [3.63, 3.8) is 0 Å². The van der Waals surface area contributed by atoms with Crippen molar-refractivity contribution in [1.82, 2.24) is 0 Å². The van der Waals surface area contributed by atoms with Gasteiger partial charge in [-0.3, -0.25) is 4.99 Å². The molecule has 1 saturated heterocycles. The van der Waals surface area contributed by atoms with E-state index in [4.69, 9.17) is 22.1 Å². The van der Waals surface area contributed by atoms with Gasteiger partial charge in [0.05, 0.1) is 6.54 Å². The Hall–Kier alpha value is -2.04. The van der Waals surface area contributed by atoms with Crippen molar-refractivity contribution in [3.8, 4) is 0 Å². The Labute approximate surface area is 154 Å². The Balaban J connectivity index is 1.78. The number of aryl methyl sites for hydroxylation is 1. The van der Waals surface area contributed by atoms with Gasteiger partial charge in [0.1, 0.15) is 0 Å². The predicted molar refractivity (Wildman–Crippen MR) is 104 cm³/mol. The summed E-state index contributed by atoms with van der Waals surface area (Å²) in [7, 11) is 0. The Bertz CT molecular complexity index is 737. The molecule has 3 rings (SSSR count). The summed E-state index contributed by atoms with van der Waals surface area (Å²) in [6.45, 7) is 4.07. The maximum Gasteiger partial charge on any atom is 0.193 e. The van der Waals surface area contributed by atoms with Gasteiger partial charge in [-0.15, -0.1) is 0 Å². The number of aliphatic imine (C=N–C) groups is 1. The van der Waals surface area contributed by atoms with Crippen molar-refractivity contribution >= 4 is 23.2 Å². The molecule has 1 heterocycles. The van der Waals surface area contributed by atoms with Crippen LogP contribution < -0.4 is 11.1 Å². The van der Waals surface area contributed by atoms with Gasteiger partial charge in [-0.1, -0.05) is 47.5 Å². The number of benzene rings is 2. The molecule has 0 amide bonds. The molecule has 0 aromatic heterocycles. The summed E-state index contributed by atoms with van der Waals surface area (Å²) < 4.78 is 5.56. The van der Waals surface area contributed by atoms with Crippen LogP contribution in [0.5, 0.6) is 0 Å². The van der Waals surface area contributed by atoms with Crippen LogP contribution in [0.1, 0.15) is 24.0 Å². The molecule has 0 spiro atoms. The molecular weight excluding hydrogens is 334 g/mol. The minimum absolute atomic E-state index is 0.129. The van der Waals surface area contributed by atoms with Gasteiger partial charge in [0, 0.05) is 29.3 Å². The molecule has 2 aromatic carbocycles. The first kappa shape index (κ1) is 17.8. The summed E-state index contributed by atoms with van der Waals surface area (Å²) in [5.74, 6) is 0.418. The largest absolute Gasteiger partial charge is 0.381 e. The molecule has 0 atom stereocenters. The molecule has 0 unspecified atom stereocenters. The number of nitrogens with zero attached hydrogens (tertiary/aromatic N) is 1. The summed E-state index contributed by atoms with van der Waals surface area (Å²) in [5.41, 5.74) is 9.26. The van der Waals surface area contributed by atoms with Gasteiger partial charge in [0.2, 0.25) is 0 Å². The average molecular weight is 358 g/mol. The lowest BCUT2D eigenvalue weighted by Gasteiger charge is -2.37. The van der Waals surface area contributed by atoms with Gasteiger partial charge < -0.3 is 15.8 Å². The number of hydrogen-bond acceptors (Lipinski definition) is 2. The van der Waals surface area contributed by atoms with Crippen molar-refractivity contribution in [1.29, 1.82) is 0 Å². The molecule has 2 aromatic rings. The zero-order valence-corrected chi connectivity index (χ0v) is 15.2. The van der Waals surface area contributed by atoms with Gasteiger partial charge >= 0.3 is 0 Å². The maximum absolute atomic E-state index is 6.47. The normalized spacial score (nSPS) is 17.3. The number of nitrogens with two attached hydrogens (primary N) is 1. The third kappa shape index (κ3) is 4.33. The number of ether oxygens (including phenoxy) is 1. The second kappa shape index (κ2) is 7.89. The molecule has 1 aliphatic heterocycles. The second-order valence-electron chi connectivity index (χ2n) is 6.57. The van der Waals surface area contributed by atoms with E-state index in [1.165, 1.54) is 5.56 Å². The standard InChI is InChI=1S/C20H24ClN3O/c1-15-6-8-16(9-7-15)24-19(22)23-14-20(10-12-25-13-11-20)17-4-2-3-5-18(17)21/h2-9H,10-14H2,1H3,(H3,22,23,24). The van der Waals surface area contributed by atoms with E-state index < -0.39 is 0 Å². The zero-order chi connectivity index (χ0) is 17.7. The fraction of sp³-hybridized carbons (Fsp3) is 0.350. The van der Waals surface area contributed by atoms with E-state index in [-0.39, 0.29) is 5.41 Å². The van der Waals surface area contributed by atoms with E-state index in [0.29, 0.717) is 25.7 Å².